The molecule has 0 unspecified atom stereocenters. The zero-order valence-corrected chi connectivity index (χ0v) is 9.90. The molecule has 4 heteroatoms. The smallest absolute Gasteiger partial charge is 0.141 e. The van der Waals surface area contributed by atoms with Crippen LogP contribution in [0.1, 0.15) is 12.0 Å². The van der Waals surface area contributed by atoms with Gasteiger partial charge in [0.05, 0.1) is 6.20 Å². The van der Waals surface area contributed by atoms with Crippen LogP contribution in [0.5, 0.6) is 5.75 Å². The van der Waals surface area contributed by atoms with Crippen molar-refractivity contribution in [2.45, 2.75) is 18.4 Å². The summed E-state index contributed by atoms with van der Waals surface area (Å²) >= 11 is 2.37. The molecule has 0 radical (unpaired) electrons. The van der Waals surface area contributed by atoms with Gasteiger partial charge in [-0.15, -0.1) is 0 Å². The summed E-state index contributed by atoms with van der Waals surface area (Å²) in [7, 11) is 0. The first-order valence-electron chi connectivity index (χ1n) is 4.80. The molecule has 1 spiro atoms. The summed E-state index contributed by atoms with van der Waals surface area (Å²) in [6.45, 7) is 2.16. The minimum atomic E-state index is 0.0482. The van der Waals surface area contributed by atoms with E-state index in [4.69, 9.17) is 4.74 Å². The first-order chi connectivity index (χ1) is 6.77. The molecule has 14 heavy (non-hydrogen) atoms. The maximum atomic E-state index is 6.02. The number of ether oxygens (including phenoxy) is 1. The van der Waals surface area contributed by atoms with Crippen LogP contribution >= 0.6 is 22.9 Å². The average molecular weight is 302 g/mol. The number of aromatic nitrogens is 1. The molecule has 3 nitrogen and oxygen atoms in total. The zero-order chi connectivity index (χ0) is 9.60. The van der Waals surface area contributed by atoms with Crippen LogP contribution in [0.4, 0.5) is 0 Å². The lowest BCUT2D eigenvalue weighted by molar-refractivity contribution is 0.113. The Balaban J connectivity index is 1.91. The van der Waals surface area contributed by atoms with Crippen molar-refractivity contribution in [3.05, 3.63) is 24.0 Å². The lowest BCUT2D eigenvalue weighted by atomic mass is 9.97. The molecule has 0 aromatic carbocycles. The highest BCUT2D eigenvalue weighted by Crippen LogP contribution is 2.40. The van der Waals surface area contributed by atoms with E-state index >= 15 is 0 Å². The lowest BCUT2D eigenvalue weighted by Gasteiger charge is -2.22. The second-order valence-corrected chi connectivity index (χ2v) is 5.40. The Hall–Kier alpha value is -0.360. The Kier molecular flexibility index (Phi) is 1.95. The number of halogens is 1. The third-order valence-electron chi connectivity index (χ3n) is 2.98. The number of hydrogen-bond donors (Lipinski definition) is 0. The molecule has 1 aromatic rings. The lowest BCUT2D eigenvalue weighted by Crippen LogP contribution is -2.35. The second-order valence-electron chi connectivity index (χ2n) is 4.04. The van der Waals surface area contributed by atoms with E-state index in [1.807, 2.05) is 12.4 Å². The van der Waals surface area contributed by atoms with Crippen molar-refractivity contribution in [1.29, 1.82) is 0 Å². The average Bonchev–Trinajstić information content (AvgIpc) is 2.69. The first kappa shape index (κ1) is 8.91. The normalized spacial score (nSPS) is 30.6. The Morgan fingerprint density at radius 1 is 1.57 bits per heavy atom. The molecule has 0 aliphatic carbocycles. The number of rotatable bonds is 0. The molecule has 1 atom stereocenters. The van der Waals surface area contributed by atoms with Crippen molar-refractivity contribution in [2.24, 2.45) is 0 Å². The number of hydrogen-bond acceptors (Lipinski definition) is 3. The van der Waals surface area contributed by atoms with Crippen LogP contribution in [0, 0.1) is 0 Å². The monoisotopic (exact) mass is 302 g/mol. The third-order valence-corrected chi connectivity index (χ3v) is 3.80. The summed E-state index contributed by atoms with van der Waals surface area (Å²) < 4.78 is 8.32. The fourth-order valence-electron chi connectivity index (χ4n) is 2.29. The number of nitrogens with zero attached hydrogens (tertiary/aromatic N) is 2. The van der Waals surface area contributed by atoms with E-state index in [0.717, 1.165) is 31.7 Å². The second kappa shape index (κ2) is 3.06. The highest BCUT2D eigenvalue weighted by molar-refractivity contribution is 14.1. The fraction of sp³-hybridized carbons (Fsp3) is 0.500. The highest BCUT2D eigenvalue weighted by Gasteiger charge is 2.44. The predicted molar refractivity (Wildman–Crippen MR) is 61.5 cm³/mol. The summed E-state index contributed by atoms with van der Waals surface area (Å²) in [5, 5.41) is 0. The van der Waals surface area contributed by atoms with Gasteiger partial charge in [0, 0.05) is 60.6 Å². The van der Waals surface area contributed by atoms with E-state index in [1.165, 1.54) is 5.56 Å². The van der Waals surface area contributed by atoms with Crippen LogP contribution in [-0.2, 0) is 6.42 Å². The van der Waals surface area contributed by atoms with E-state index in [1.54, 1.807) is 0 Å². The van der Waals surface area contributed by atoms with Crippen LogP contribution in [0.25, 0.3) is 0 Å². The molecule has 3 rings (SSSR count). The van der Waals surface area contributed by atoms with Crippen molar-refractivity contribution in [2.75, 3.05) is 13.1 Å². The summed E-state index contributed by atoms with van der Waals surface area (Å²) in [5.41, 5.74) is 1.36. The molecule has 2 aliphatic heterocycles. The van der Waals surface area contributed by atoms with E-state index < -0.39 is 0 Å². The van der Waals surface area contributed by atoms with E-state index in [-0.39, 0.29) is 5.60 Å². The van der Waals surface area contributed by atoms with Gasteiger partial charge in [0.15, 0.2) is 0 Å². The number of fused-ring (bicyclic) bond motifs is 1. The van der Waals surface area contributed by atoms with Crippen LogP contribution in [0.2, 0.25) is 0 Å². The molecule has 2 aliphatic rings. The Bertz CT molecular complexity index is 344. The van der Waals surface area contributed by atoms with Gasteiger partial charge in [-0.3, -0.25) is 4.98 Å². The Labute approximate surface area is 97.0 Å². The van der Waals surface area contributed by atoms with Crippen LogP contribution in [-0.4, -0.2) is 26.8 Å². The molecule has 0 saturated carbocycles. The van der Waals surface area contributed by atoms with Gasteiger partial charge in [0.1, 0.15) is 11.4 Å². The summed E-state index contributed by atoms with van der Waals surface area (Å²) in [6, 6.07) is 2.07. The Morgan fingerprint density at radius 3 is 3.21 bits per heavy atom. The molecular formula is C10H11IN2O. The van der Waals surface area contributed by atoms with Crippen LogP contribution in [0.15, 0.2) is 18.5 Å². The predicted octanol–water partition coefficient (Wildman–Crippen LogP) is 1.81. The summed E-state index contributed by atoms with van der Waals surface area (Å²) in [6.07, 6.45) is 5.85. The highest BCUT2D eigenvalue weighted by atomic mass is 127. The van der Waals surface area contributed by atoms with E-state index in [9.17, 15) is 0 Å². The summed E-state index contributed by atoms with van der Waals surface area (Å²) in [4.78, 5) is 4.09. The van der Waals surface area contributed by atoms with Gasteiger partial charge < -0.3 is 4.74 Å². The maximum Gasteiger partial charge on any atom is 0.141 e. The molecule has 3 heterocycles. The van der Waals surface area contributed by atoms with Crippen LogP contribution in [0.3, 0.4) is 0 Å². The van der Waals surface area contributed by atoms with Gasteiger partial charge in [-0.1, -0.05) is 0 Å². The van der Waals surface area contributed by atoms with Gasteiger partial charge in [0.2, 0.25) is 0 Å². The largest absolute Gasteiger partial charge is 0.484 e. The summed E-state index contributed by atoms with van der Waals surface area (Å²) in [5.74, 6) is 0.985. The van der Waals surface area contributed by atoms with Gasteiger partial charge in [-0.25, -0.2) is 3.11 Å². The molecule has 0 amide bonds. The molecular weight excluding hydrogens is 291 g/mol. The Morgan fingerprint density at radius 2 is 2.50 bits per heavy atom. The molecule has 1 saturated heterocycles. The first-order valence-corrected chi connectivity index (χ1v) is 5.77. The SMILES string of the molecule is IN1CC[C@]2(Cc3ccncc3O2)C1. The van der Waals surface area contributed by atoms with Crippen LogP contribution < -0.4 is 4.74 Å². The molecule has 0 bridgehead atoms. The maximum absolute atomic E-state index is 6.02. The van der Waals surface area contributed by atoms with E-state index in [0.29, 0.717) is 0 Å². The van der Waals surface area contributed by atoms with Crippen molar-refractivity contribution in [1.82, 2.24) is 8.10 Å². The molecule has 1 fully saturated rings. The van der Waals surface area contributed by atoms with Crippen molar-refractivity contribution in [3.8, 4) is 5.75 Å². The molecule has 74 valence electrons. The number of pyridine rings is 1. The topological polar surface area (TPSA) is 25.4 Å². The standard InChI is InChI=1S/C10H11IN2O/c11-13-4-2-10(7-13)5-8-1-3-12-6-9(8)14-10/h1,3,6H,2,4-5,7H2/t10-/m0/s1. The van der Waals surface area contributed by atoms with Gasteiger partial charge in [-0.2, -0.15) is 0 Å². The van der Waals surface area contributed by atoms with Gasteiger partial charge in [0.25, 0.3) is 0 Å². The quantitative estimate of drug-likeness (QED) is 0.540. The van der Waals surface area contributed by atoms with Crippen molar-refractivity contribution in [3.63, 3.8) is 0 Å². The third kappa shape index (κ3) is 1.32. The molecule has 0 N–H and O–H groups in total. The van der Waals surface area contributed by atoms with Gasteiger partial charge >= 0.3 is 0 Å². The van der Waals surface area contributed by atoms with E-state index in [2.05, 4.69) is 37.0 Å². The molecule has 1 aromatic heterocycles. The zero-order valence-electron chi connectivity index (χ0n) is 7.74. The minimum absolute atomic E-state index is 0.0482. The minimum Gasteiger partial charge on any atom is -0.484 e. The van der Waals surface area contributed by atoms with Gasteiger partial charge in [-0.05, 0) is 6.07 Å². The van der Waals surface area contributed by atoms with Crippen molar-refractivity contribution < 1.29 is 4.74 Å². The fourth-order valence-corrected chi connectivity index (χ4v) is 3.15. The van der Waals surface area contributed by atoms with Crippen molar-refractivity contribution >= 4 is 22.9 Å².